The Morgan fingerprint density at radius 2 is 2.00 bits per heavy atom. The van der Waals surface area contributed by atoms with Crippen LogP contribution in [0.25, 0.3) is 11.0 Å². The van der Waals surface area contributed by atoms with Crippen LogP contribution in [0, 0.1) is 10.4 Å². The van der Waals surface area contributed by atoms with Crippen LogP contribution in [0.1, 0.15) is 5.69 Å². The van der Waals surface area contributed by atoms with Gasteiger partial charge >= 0.3 is 5.69 Å². The van der Waals surface area contributed by atoms with E-state index in [9.17, 15) is 10.4 Å². The maximum Gasteiger partial charge on any atom is 0.302 e. The van der Waals surface area contributed by atoms with E-state index in [4.69, 9.17) is 5.73 Å². The van der Waals surface area contributed by atoms with Crippen molar-refractivity contribution in [1.82, 2.24) is 5.43 Å². The molecule has 2 rings (SSSR count). The summed E-state index contributed by atoms with van der Waals surface area (Å²) in [4.78, 5) is 0. The maximum absolute atomic E-state index is 11.9. The number of hydrogen-bond acceptors (Lipinski definition) is 4. The van der Waals surface area contributed by atoms with Gasteiger partial charge in [0.2, 0.25) is 0 Å². The number of fused-ring (bicyclic) bond motifs is 1. The normalized spacial score (nSPS) is 10.9. The van der Waals surface area contributed by atoms with Crippen molar-refractivity contribution in [1.29, 1.82) is 0 Å². The molecule has 0 fully saturated rings. The lowest BCUT2D eigenvalue weighted by atomic mass is 10.3. The Balaban J connectivity index is 2.49. The van der Waals surface area contributed by atoms with Gasteiger partial charge in [0.25, 0.3) is 17.2 Å². The first kappa shape index (κ1) is 12.0. The second kappa shape index (κ2) is 4.80. The molecule has 0 aliphatic carbocycles. The molecule has 0 saturated carbocycles. The fraction of sp³-hybridized carbons (Fsp3) is 0. The molecule has 0 amide bonds. The van der Waals surface area contributed by atoms with Crippen molar-refractivity contribution in [3.8, 4) is 0 Å². The van der Waals surface area contributed by atoms with Crippen molar-refractivity contribution in [3.63, 3.8) is 0 Å². The highest BCUT2D eigenvalue weighted by atomic mass is 32.1. The number of nitrogens with two attached hydrogens (primary N) is 1. The summed E-state index contributed by atoms with van der Waals surface area (Å²) in [6.45, 7) is 0. The smallest absolute Gasteiger partial charge is 0.302 e. The zero-order valence-corrected chi connectivity index (χ0v) is 9.92. The fourth-order valence-corrected chi connectivity index (χ4v) is 1.50. The van der Waals surface area contributed by atoms with Crippen LogP contribution in [0.3, 0.4) is 0 Å². The SMILES string of the molecule is NC(=S)N/N=C/c1c[n+]([O-])c2ccccc2[n+]1[O-]. The molecule has 0 saturated heterocycles. The van der Waals surface area contributed by atoms with Gasteiger partial charge in [0.05, 0.1) is 0 Å². The summed E-state index contributed by atoms with van der Waals surface area (Å²) >= 11 is 4.55. The summed E-state index contributed by atoms with van der Waals surface area (Å²) in [5, 5.41) is 27.2. The van der Waals surface area contributed by atoms with E-state index in [1.165, 1.54) is 6.21 Å². The van der Waals surface area contributed by atoms with Crippen molar-refractivity contribution in [2.24, 2.45) is 10.8 Å². The topological polar surface area (TPSA) is 104 Å². The van der Waals surface area contributed by atoms with Crippen molar-refractivity contribution < 1.29 is 9.46 Å². The van der Waals surface area contributed by atoms with Crippen LogP contribution in [0.15, 0.2) is 35.6 Å². The average molecular weight is 263 g/mol. The lowest BCUT2D eigenvalue weighted by Crippen LogP contribution is -2.41. The van der Waals surface area contributed by atoms with E-state index >= 15 is 0 Å². The number of thiocarbonyl (C=S) groups is 1. The predicted molar refractivity (Wildman–Crippen MR) is 69.4 cm³/mol. The zero-order chi connectivity index (χ0) is 13.1. The summed E-state index contributed by atoms with van der Waals surface area (Å²) in [7, 11) is 0. The first-order chi connectivity index (χ1) is 8.59. The van der Waals surface area contributed by atoms with Crippen LogP contribution < -0.4 is 20.6 Å². The third-order valence-corrected chi connectivity index (χ3v) is 2.28. The van der Waals surface area contributed by atoms with Crippen molar-refractivity contribution in [3.05, 3.63) is 46.6 Å². The Morgan fingerprint density at radius 3 is 2.67 bits per heavy atom. The summed E-state index contributed by atoms with van der Waals surface area (Å²) in [6, 6.07) is 6.46. The van der Waals surface area contributed by atoms with Gasteiger partial charge in [0, 0.05) is 12.1 Å². The molecule has 7 nitrogen and oxygen atoms in total. The Labute approximate surface area is 107 Å². The van der Waals surface area contributed by atoms with E-state index < -0.39 is 0 Å². The lowest BCUT2D eigenvalue weighted by molar-refractivity contribution is -0.629. The number of aromatic nitrogens is 2. The Kier molecular flexibility index (Phi) is 3.20. The van der Waals surface area contributed by atoms with Crippen LogP contribution in [-0.2, 0) is 0 Å². The minimum Gasteiger partial charge on any atom is -0.618 e. The minimum atomic E-state index is -0.0283. The Bertz CT molecular complexity index is 643. The first-order valence-electron chi connectivity index (χ1n) is 4.92. The largest absolute Gasteiger partial charge is 0.618 e. The van der Waals surface area contributed by atoms with Gasteiger partial charge < -0.3 is 16.1 Å². The number of nitrogens with zero attached hydrogens (tertiary/aromatic N) is 3. The van der Waals surface area contributed by atoms with Gasteiger partial charge in [-0.1, -0.05) is 12.1 Å². The summed E-state index contributed by atoms with van der Waals surface area (Å²) < 4.78 is 1.21. The zero-order valence-electron chi connectivity index (χ0n) is 9.11. The highest BCUT2D eigenvalue weighted by molar-refractivity contribution is 7.80. The van der Waals surface area contributed by atoms with E-state index in [0.717, 1.165) is 6.20 Å². The standard InChI is InChI=1S/C10H9N5O2S/c11-10(18)13-12-5-7-6-14(16)8-3-1-2-4-9(8)15(7)17/h1-6H,(H3,11,13,18)/b12-5+. The minimum absolute atomic E-state index is 0.0283. The van der Waals surface area contributed by atoms with Gasteiger partial charge in [-0.25, -0.2) is 0 Å². The summed E-state index contributed by atoms with van der Waals surface area (Å²) in [6.07, 6.45) is 2.30. The molecule has 92 valence electrons. The van der Waals surface area contributed by atoms with Gasteiger partial charge in [-0.15, -0.1) is 0 Å². The number of rotatable bonds is 2. The number of benzene rings is 1. The molecule has 0 bridgehead atoms. The molecule has 1 heterocycles. The quantitative estimate of drug-likeness (QED) is 0.244. The van der Waals surface area contributed by atoms with Crippen molar-refractivity contribution in [2.45, 2.75) is 0 Å². The van der Waals surface area contributed by atoms with Gasteiger partial charge in [0.15, 0.2) is 5.11 Å². The molecular weight excluding hydrogens is 254 g/mol. The lowest BCUT2D eigenvalue weighted by Gasteiger charge is -2.05. The molecule has 0 unspecified atom stereocenters. The molecule has 0 radical (unpaired) electrons. The summed E-state index contributed by atoms with van der Waals surface area (Å²) in [5.74, 6) is 0. The number of hydrogen-bond donors (Lipinski definition) is 2. The van der Waals surface area contributed by atoms with Crippen molar-refractivity contribution >= 4 is 34.6 Å². The molecule has 8 heteroatoms. The van der Waals surface area contributed by atoms with Gasteiger partial charge in [0.1, 0.15) is 6.21 Å². The van der Waals surface area contributed by atoms with Gasteiger partial charge in [-0.2, -0.15) is 14.6 Å². The van der Waals surface area contributed by atoms with Crippen LogP contribution in [0.5, 0.6) is 0 Å². The maximum atomic E-state index is 11.9. The molecule has 1 aromatic heterocycles. The van der Waals surface area contributed by atoms with Crippen LogP contribution in [-0.4, -0.2) is 11.3 Å². The monoisotopic (exact) mass is 263 g/mol. The molecular formula is C10H9N5O2S. The third kappa shape index (κ3) is 2.28. The molecule has 1 aromatic carbocycles. The van der Waals surface area contributed by atoms with Crippen LogP contribution in [0.4, 0.5) is 0 Å². The molecule has 18 heavy (non-hydrogen) atoms. The number of hydrazone groups is 1. The molecule has 0 aliphatic rings. The molecule has 0 atom stereocenters. The van der Waals surface area contributed by atoms with Crippen molar-refractivity contribution in [2.75, 3.05) is 0 Å². The Hall–Kier alpha value is -2.48. The van der Waals surface area contributed by atoms with E-state index in [1.807, 2.05) is 0 Å². The first-order valence-corrected chi connectivity index (χ1v) is 5.33. The second-order valence-electron chi connectivity index (χ2n) is 3.40. The number of nitrogens with one attached hydrogen (secondary N) is 1. The molecule has 2 aromatic rings. The van der Waals surface area contributed by atoms with E-state index in [1.54, 1.807) is 24.3 Å². The molecule has 3 N–H and O–H groups in total. The molecule has 0 spiro atoms. The highest BCUT2D eigenvalue weighted by Gasteiger charge is 2.16. The van der Waals surface area contributed by atoms with E-state index in [0.29, 0.717) is 9.46 Å². The second-order valence-corrected chi connectivity index (χ2v) is 3.84. The molecule has 0 aliphatic heterocycles. The predicted octanol–water partition coefficient (Wildman–Crippen LogP) is -0.726. The van der Waals surface area contributed by atoms with Crippen LogP contribution >= 0.6 is 12.2 Å². The number of para-hydroxylation sites is 2. The summed E-state index contributed by atoms with van der Waals surface area (Å²) in [5.41, 5.74) is 8.09. The average Bonchev–Trinajstić information content (AvgIpc) is 2.35. The Morgan fingerprint density at radius 1 is 1.33 bits per heavy atom. The fourth-order valence-electron chi connectivity index (χ4n) is 1.45. The van der Waals surface area contributed by atoms with Crippen LogP contribution in [0.2, 0.25) is 0 Å². The van der Waals surface area contributed by atoms with Gasteiger partial charge in [-0.05, 0) is 12.2 Å². The highest BCUT2D eigenvalue weighted by Crippen LogP contribution is 2.03. The third-order valence-electron chi connectivity index (χ3n) is 2.19. The van der Waals surface area contributed by atoms with E-state index in [2.05, 4.69) is 22.7 Å². The van der Waals surface area contributed by atoms with E-state index in [-0.39, 0.29) is 21.8 Å². The van der Waals surface area contributed by atoms with Gasteiger partial charge in [-0.3, -0.25) is 5.43 Å².